The van der Waals surface area contributed by atoms with Crippen LogP contribution in [0.25, 0.3) is 0 Å². The fourth-order valence-corrected chi connectivity index (χ4v) is 1.44. The molecule has 0 spiro atoms. The third-order valence-electron chi connectivity index (χ3n) is 2.01. The molecule has 0 radical (unpaired) electrons. The molecule has 0 fully saturated rings. The number of carbonyl (C=O) groups is 1. The van der Waals surface area contributed by atoms with Gasteiger partial charge in [-0.15, -0.1) is 0 Å². The zero-order valence-corrected chi connectivity index (χ0v) is 11.7. The maximum absolute atomic E-state index is 11.7. The van der Waals surface area contributed by atoms with Crippen molar-refractivity contribution in [1.82, 2.24) is 0 Å². The first-order valence-corrected chi connectivity index (χ1v) is 6.13. The van der Waals surface area contributed by atoms with E-state index >= 15 is 0 Å². The Morgan fingerprint density at radius 3 is 2.22 bits per heavy atom. The average Bonchev–Trinajstić information content (AvgIpc) is 2.17. The molecule has 0 heterocycles. The first kappa shape index (κ1) is 14.4. The van der Waals surface area contributed by atoms with Crippen LogP contribution in [0.2, 0.25) is 0 Å². The van der Waals surface area contributed by atoms with Gasteiger partial charge >= 0.3 is 6.09 Å². The fourth-order valence-electron chi connectivity index (χ4n) is 1.44. The highest BCUT2D eigenvalue weighted by Gasteiger charge is 2.17. The van der Waals surface area contributed by atoms with E-state index in [2.05, 4.69) is 10.6 Å². The van der Waals surface area contributed by atoms with E-state index in [9.17, 15) is 4.79 Å². The van der Waals surface area contributed by atoms with Crippen LogP contribution in [0.1, 0.15) is 34.6 Å². The quantitative estimate of drug-likeness (QED) is 0.856. The van der Waals surface area contributed by atoms with Crippen LogP contribution < -0.4 is 10.6 Å². The van der Waals surface area contributed by atoms with E-state index in [1.54, 1.807) is 0 Å². The predicted molar refractivity (Wildman–Crippen MR) is 75.1 cm³/mol. The van der Waals surface area contributed by atoms with E-state index in [0.29, 0.717) is 6.04 Å². The second kappa shape index (κ2) is 5.76. The summed E-state index contributed by atoms with van der Waals surface area (Å²) >= 11 is 0. The molecule has 18 heavy (non-hydrogen) atoms. The molecule has 1 aromatic carbocycles. The maximum Gasteiger partial charge on any atom is 0.412 e. The second-order valence-electron chi connectivity index (χ2n) is 5.47. The van der Waals surface area contributed by atoms with Crippen molar-refractivity contribution in [2.75, 3.05) is 10.6 Å². The molecule has 1 amide bonds. The van der Waals surface area contributed by atoms with Crippen LogP contribution in [-0.2, 0) is 4.74 Å². The lowest BCUT2D eigenvalue weighted by molar-refractivity contribution is 0.0636. The number of anilines is 2. The first-order chi connectivity index (χ1) is 8.28. The largest absolute Gasteiger partial charge is 0.444 e. The summed E-state index contributed by atoms with van der Waals surface area (Å²) in [7, 11) is 0. The van der Waals surface area contributed by atoms with E-state index in [0.717, 1.165) is 11.4 Å². The van der Waals surface area contributed by atoms with Crippen LogP contribution in [0.4, 0.5) is 16.2 Å². The third kappa shape index (κ3) is 5.08. The lowest BCUT2D eigenvalue weighted by Crippen LogP contribution is -2.27. The highest BCUT2D eigenvalue weighted by molar-refractivity contribution is 5.89. The van der Waals surface area contributed by atoms with Crippen LogP contribution in [-0.4, -0.2) is 17.7 Å². The standard InChI is InChI=1S/C14H22N2O2/c1-10(2)15-11-8-6-7-9-12(11)16-13(17)18-14(3,4)5/h6-10,15H,1-5H3,(H,16,17). The van der Waals surface area contributed by atoms with Crippen molar-refractivity contribution in [2.45, 2.75) is 46.3 Å². The molecule has 0 aromatic heterocycles. The summed E-state index contributed by atoms with van der Waals surface area (Å²) in [5.74, 6) is 0. The van der Waals surface area contributed by atoms with Crippen molar-refractivity contribution in [3.05, 3.63) is 24.3 Å². The monoisotopic (exact) mass is 250 g/mol. The number of hydrogen-bond donors (Lipinski definition) is 2. The molecule has 0 aliphatic rings. The minimum absolute atomic E-state index is 0.298. The van der Waals surface area contributed by atoms with Gasteiger partial charge in [0.05, 0.1) is 11.4 Å². The Bertz CT molecular complexity index is 409. The summed E-state index contributed by atoms with van der Waals surface area (Å²) in [6.45, 7) is 9.61. The molecule has 4 nitrogen and oxygen atoms in total. The molecule has 0 saturated carbocycles. The smallest absolute Gasteiger partial charge is 0.412 e. The summed E-state index contributed by atoms with van der Waals surface area (Å²) in [4.78, 5) is 11.7. The SMILES string of the molecule is CC(C)Nc1ccccc1NC(=O)OC(C)(C)C. The molecule has 4 heteroatoms. The van der Waals surface area contributed by atoms with Gasteiger partial charge in [-0.25, -0.2) is 4.79 Å². The van der Waals surface area contributed by atoms with Crippen molar-refractivity contribution in [1.29, 1.82) is 0 Å². The average molecular weight is 250 g/mol. The Hall–Kier alpha value is -1.71. The number of rotatable bonds is 3. The van der Waals surface area contributed by atoms with Gasteiger partial charge in [0.15, 0.2) is 0 Å². The van der Waals surface area contributed by atoms with Gasteiger partial charge in [-0.3, -0.25) is 5.32 Å². The molecule has 0 unspecified atom stereocenters. The Labute approximate surface area is 109 Å². The topological polar surface area (TPSA) is 50.4 Å². The number of amides is 1. The van der Waals surface area contributed by atoms with Crippen LogP contribution in [0, 0.1) is 0 Å². The van der Waals surface area contributed by atoms with Crippen molar-refractivity contribution in [2.24, 2.45) is 0 Å². The lowest BCUT2D eigenvalue weighted by atomic mass is 10.2. The summed E-state index contributed by atoms with van der Waals surface area (Å²) in [5.41, 5.74) is 1.11. The van der Waals surface area contributed by atoms with Gasteiger partial charge in [-0.05, 0) is 46.8 Å². The first-order valence-electron chi connectivity index (χ1n) is 6.13. The molecule has 0 aliphatic heterocycles. The Kier molecular flexibility index (Phi) is 4.59. The van der Waals surface area contributed by atoms with Gasteiger partial charge in [-0.2, -0.15) is 0 Å². The van der Waals surface area contributed by atoms with E-state index in [1.165, 1.54) is 0 Å². The Morgan fingerprint density at radius 2 is 1.72 bits per heavy atom. The highest BCUT2D eigenvalue weighted by atomic mass is 16.6. The molecule has 1 rings (SSSR count). The van der Waals surface area contributed by atoms with Crippen LogP contribution in [0.3, 0.4) is 0 Å². The fraction of sp³-hybridized carbons (Fsp3) is 0.500. The van der Waals surface area contributed by atoms with Crippen molar-refractivity contribution in [3.8, 4) is 0 Å². The van der Waals surface area contributed by atoms with E-state index in [1.807, 2.05) is 58.9 Å². The Balaban J connectivity index is 2.75. The molecular weight excluding hydrogens is 228 g/mol. The summed E-state index contributed by atoms with van der Waals surface area (Å²) in [5, 5.41) is 6.02. The molecule has 100 valence electrons. The Morgan fingerprint density at radius 1 is 1.17 bits per heavy atom. The molecule has 0 atom stereocenters. The highest BCUT2D eigenvalue weighted by Crippen LogP contribution is 2.22. The van der Waals surface area contributed by atoms with Gasteiger partial charge in [0.25, 0.3) is 0 Å². The number of carbonyl (C=O) groups excluding carboxylic acids is 1. The van der Waals surface area contributed by atoms with Gasteiger partial charge in [0.1, 0.15) is 5.60 Å². The summed E-state index contributed by atoms with van der Waals surface area (Å²) < 4.78 is 5.22. The molecule has 0 aliphatic carbocycles. The maximum atomic E-state index is 11.7. The normalized spacial score (nSPS) is 11.2. The number of nitrogens with one attached hydrogen (secondary N) is 2. The van der Waals surface area contributed by atoms with Crippen LogP contribution in [0.15, 0.2) is 24.3 Å². The molecule has 0 saturated heterocycles. The zero-order chi connectivity index (χ0) is 13.8. The number of para-hydroxylation sites is 2. The number of ether oxygens (including phenoxy) is 1. The molecule has 0 bridgehead atoms. The summed E-state index contributed by atoms with van der Waals surface area (Å²) in [6.07, 6.45) is -0.444. The summed E-state index contributed by atoms with van der Waals surface area (Å²) in [6, 6.07) is 7.86. The van der Waals surface area contributed by atoms with E-state index in [-0.39, 0.29) is 0 Å². The zero-order valence-electron chi connectivity index (χ0n) is 11.7. The minimum atomic E-state index is -0.496. The predicted octanol–water partition coefficient (Wildman–Crippen LogP) is 3.85. The molecule has 2 N–H and O–H groups in total. The van der Waals surface area contributed by atoms with Crippen LogP contribution >= 0.6 is 0 Å². The molecule has 1 aromatic rings. The minimum Gasteiger partial charge on any atom is -0.444 e. The number of benzene rings is 1. The van der Waals surface area contributed by atoms with E-state index < -0.39 is 11.7 Å². The van der Waals surface area contributed by atoms with Crippen molar-refractivity contribution >= 4 is 17.5 Å². The lowest BCUT2D eigenvalue weighted by Gasteiger charge is -2.21. The van der Waals surface area contributed by atoms with Gasteiger partial charge in [0, 0.05) is 6.04 Å². The number of hydrogen-bond acceptors (Lipinski definition) is 3. The van der Waals surface area contributed by atoms with Crippen molar-refractivity contribution < 1.29 is 9.53 Å². The van der Waals surface area contributed by atoms with Gasteiger partial charge < -0.3 is 10.1 Å². The van der Waals surface area contributed by atoms with Gasteiger partial charge in [0.2, 0.25) is 0 Å². The van der Waals surface area contributed by atoms with Crippen molar-refractivity contribution in [3.63, 3.8) is 0 Å². The second-order valence-corrected chi connectivity index (χ2v) is 5.47. The van der Waals surface area contributed by atoms with Crippen LogP contribution in [0.5, 0.6) is 0 Å². The van der Waals surface area contributed by atoms with Gasteiger partial charge in [-0.1, -0.05) is 12.1 Å². The molecular formula is C14H22N2O2. The third-order valence-corrected chi connectivity index (χ3v) is 2.01. The van der Waals surface area contributed by atoms with E-state index in [4.69, 9.17) is 4.74 Å².